The molecular formula is C9H12N4O. The van der Waals surface area contributed by atoms with E-state index in [0.717, 1.165) is 10.2 Å². The van der Waals surface area contributed by atoms with Crippen molar-refractivity contribution >= 4 is 11.0 Å². The second kappa shape index (κ2) is 2.88. The van der Waals surface area contributed by atoms with Crippen LogP contribution in [0.5, 0.6) is 0 Å². The van der Waals surface area contributed by atoms with Gasteiger partial charge in [0.15, 0.2) is 0 Å². The lowest BCUT2D eigenvalue weighted by Gasteiger charge is -2.07. The van der Waals surface area contributed by atoms with Crippen LogP contribution in [0.25, 0.3) is 11.0 Å². The van der Waals surface area contributed by atoms with Crippen molar-refractivity contribution in [2.24, 2.45) is 5.73 Å². The Morgan fingerprint density at radius 1 is 1.50 bits per heavy atom. The van der Waals surface area contributed by atoms with Gasteiger partial charge < -0.3 is 16.6 Å². The van der Waals surface area contributed by atoms with Gasteiger partial charge in [-0.3, -0.25) is 0 Å². The summed E-state index contributed by atoms with van der Waals surface area (Å²) in [6.45, 7) is 1.85. The number of H-pyrrole nitrogens is 1. The van der Waals surface area contributed by atoms with Crippen molar-refractivity contribution in [1.82, 2.24) is 9.66 Å². The molecule has 2 rings (SSSR count). The zero-order chi connectivity index (χ0) is 10.3. The summed E-state index contributed by atoms with van der Waals surface area (Å²) >= 11 is 0. The first kappa shape index (κ1) is 8.83. The predicted molar refractivity (Wildman–Crippen MR) is 55.3 cm³/mol. The minimum atomic E-state index is -0.326. The first-order chi connectivity index (χ1) is 6.61. The van der Waals surface area contributed by atoms with Crippen molar-refractivity contribution in [3.63, 3.8) is 0 Å². The van der Waals surface area contributed by atoms with E-state index >= 15 is 0 Å². The molecule has 74 valence electrons. The van der Waals surface area contributed by atoms with E-state index in [2.05, 4.69) is 4.98 Å². The lowest BCUT2D eigenvalue weighted by Crippen LogP contribution is -2.24. The average molecular weight is 192 g/mol. The van der Waals surface area contributed by atoms with E-state index in [4.69, 9.17) is 11.6 Å². The zero-order valence-corrected chi connectivity index (χ0v) is 7.82. The number of rotatable bonds is 1. The van der Waals surface area contributed by atoms with E-state index in [1.165, 1.54) is 0 Å². The third-order valence-corrected chi connectivity index (χ3v) is 2.26. The molecule has 1 unspecified atom stereocenters. The average Bonchev–Trinajstić information content (AvgIpc) is 2.43. The van der Waals surface area contributed by atoms with Crippen LogP contribution in [0.15, 0.2) is 23.0 Å². The fourth-order valence-electron chi connectivity index (χ4n) is 1.58. The number of aromatic amines is 1. The maximum Gasteiger partial charge on any atom is 0.344 e. The molecule has 0 fully saturated rings. The van der Waals surface area contributed by atoms with Gasteiger partial charge in [0.25, 0.3) is 0 Å². The Morgan fingerprint density at radius 2 is 2.21 bits per heavy atom. The number of fused-ring (bicyclic) bond motifs is 1. The van der Waals surface area contributed by atoms with Gasteiger partial charge in [-0.05, 0) is 18.6 Å². The van der Waals surface area contributed by atoms with Gasteiger partial charge in [0.2, 0.25) is 0 Å². The monoisotopic (exact) mass is 192 g/mol. The Morgan fingerprint density at radius 3 is 2.86 bits per heavy atom. The van der Waals surface area contributed by atoms with Crippen LogP contribution in [0.2, 0.25) is 0 Å². The smallest absolute Gasteiger partial charge is 0.335 e. The van der Waals surface area contributed by atoms with Crippen molar-refractivity contribution in [3.05, 3.63) is 34.2 Å². The molecule has 1 atom stereocenters. The highest BCUT2D eigenvalue weighted by molar-refractivity contribution is 5.79. The summed E-state index contributed by atoms with van der Waals surface area (Å²) in [6.07, 6.45) is 0. The summed E-state index contributed by atoms with van der Waals surface area (Å²) in [5, 5.41) is 0. The number of nitrogens with zero attached hydrogens (tertiary/aromatic N) is 1. The molecule has 0 aliphatic carbocycles. The summed E-state index contributed by atoms with van der Waals surface area (Å²) in [6, 6.07) is 5.36. The predicted octanol–water partition coefficient (Wildman–Crippen LogP) is 0.0631. The molecule has 1 aromatic heterocycles. The van der Waals surface area contributed by atoms with Crippen LogP contribution < -0.4 is 17.3 Å². The fraction of sp³-hybridized carbons (Fsp3) is 0.222. The molecule has 0 spiro atoms. The Bertz CT molecular complexity index is 523. The van der Waals surface area contributed by atoms with Crippen LogP contribution in [0, 0.1) is 0 Å². The van der Waals surface area contributed by atoms with Crippen molar-refractivity contribution < 1.29 is 0 Å². The number of imidazole rings is 1. The van der Waals surface area contributed by atoms with Crippen LogP contribution in [0.1, 0.15) is 18.5 Å². The lowest BCUT2D eigenvalue weighted by molar-refractivity contribution is 0.816. The van der Waals surface area contributed by atoms with E-state index in [1.54, 1.807) is 6.07 Å². The molecule has 0 saturated heterocycles. The topological polar surface area (TPSA) is 89.8 Å². The van der Waals surface area contributed by atoms with Crippen molar-refractivity contribution in [2.45, 2.75) is 13.0 Å². The van der Waals surface area contributed by atoms with E-state index in [0.29, 0.717) is 11.0 Å². The van der Waals surface area contributed by atoms with E-state index in [9.17, 15) is 4.79 Å². The zero-order valence-electron chi connectivity index (χ0n) is 7.82. The highest BCUT2D eigenvalue weighted by Crippen LogP contribution is 2.19. The van der Waals surface area contributed by atoms with Gasteiger partial charge in [-0.2, -0.15) is 0 Å². The Kier molecular flexibility index (Phi) is 1.82. The van der Waals surface area contributed by atoms with Gasteiger partial charge >= 0.3 is 5.69 Å². The van der Waals surface area contributed by atoms with Crippen LogP contribution in [-0.4, -0.2) is 9.66 Å². The Labute approximate surface area is 80.3 Å². The number of nitrogens with two attached hydrogens (primary N) is 2. The maximum absolute atomic E-state index is 11.3. The minimum absolute atomic E-state index is 0.149. The van der Waals surface area contributed by atoms with Gasteiger partial charge in [-0.25, -0.2) is 9.47 Å². The fourth-order valence-corrected chi connectivity index (χ4v) is 1.58. The molecule has 14 heavy (non-hydrogen) atoms. The maximum atomic E-state index is 11.3. The highest BCUT2D eigenvalue weighted by Gasteiger charge is 2.10. The highest BCUT2D eigenvalue weighted by atomic mass is 16.1. The largest absolute Gasteiger partial charge is 0.344 e. The standard InChI is InChI=1S/C9H12N4O/c1-5(10)6-3-2-4-7-8(6)13(11)9(14)12-7/h2-5H,10-11H2,1H3,(H,12,14). The molecule has 0 aliphatic heterocycles. The molecule has 0 saturated carbocycles. The second-order valence-corrected chi connectivity index (χ2v) is 3.33. The molecule has 5 nitrogen and oxygen atoms in total. The SMILES string of the molecule is CC(N)c1cccc2[nH]c(=O)n(N)c12. The molecule has 0 amide bonds. The third kappa shape index (κ3) is 1.10. The van der Waals surface area contributed by atoms with Crippen LogP contribution >= 0.6 is 0 Å². The minimum Gasteiger partial charge on any atom is -0.335 e. The molecule has 1 aromatic carbocycles. The number of nitrogens with one attached hydrogen (secondary N) is 1. The number of hydrogen-bond acceptors (Lipinski definition) is 3. The van der Waals surface area contributed by atoms with Crippen LogP contribution in [-0.2, 0) is 0 Å². The molecule has 0 bridgehead atoms. The third-order valence-electron chi connectivity index (χ3n) is 2.26. The van der Waals surface area contributed by atoms with Gasteiger partial charge in [-0.1, -0.05) is 12.1 Å². The lowest BCUT2D eigenvalue weighted by atomic mass is 10.1. The first-order valence-electron chi connectivity index (χ1n) is 4.35. The van der Waals surface area contributed by atoms with Gasteiger partial charge in [0.1, 0.15) is 0 Å². The molecule has 1 heterocycles. The van der Waals surface area contributed by atoms with E-state index < -0.39 is 0 Å². The summed E-state index contributed by atoms with van der Waals surface area (Å²) in [5.41, 5.74) is 7.70. The van der Waals surface area contributed by atoms with Crippen LogP contribution in [0.4, 0.5) is 0 Å². The van der Waals surface area contributed by atoms with Gasteiger partial charge in [0.05, 0.1) is 11.0 Å². The summed E-state index contributed by atoms with van der Waals surface area (Å²) < 4.78 is 1.09. The van der Waals surface area contributed by atoms with E-state index in [1.807, 2.05) is 19.1 Å². The molecular weight excluding hydrogens is 180 g/mol. The molecule has 0 radical (unpaired) electrons. The Hall–Kier alpha value is -1.75. The number of hydrogen-bond donors (Lipinski definition) is 3. The number of benzene rings is 1. The molecule has 5 N–H and O–H groups in total. The first-order valence-corrected chi connectivity index (χ1v) is 4.35. The number of aromatic nitrogens is 2. The van der Waals surface area contributed by atoms with E-state index in [-0.39, 0.29) is 11.7 Å². The summed E-state index contributed by atoms with van der Waals surface area (Å²) in [5.74, 6) is 5.59. The van der Waals surface area contributed by atoms with Crippen LogP contribution in [0.3, 0.4) is 0 Å². The van der Waals surface area contributed by atoms with Crippen molar-refractivity contribution in [1.29, 1.82) is 0 Å². The summed E-state index contributed by atoms with van der Waals surface area (Å²) in [4.78, 5) is 13.9. The van der Waals surface area contributed by atoms with Crippen molar-refractivity contribution in [3.8, 4) is 0 Å². The normalized spacial score (nSPS) is 13.3. The quantitative estimate of drug-likeness (QED) is 0.558. The number of nitrogen functional groups attached to an aromatic ring is 1. The molecule has 0 aliphatic rings. The number of para-hydroxylation sites is 1. The summed E-state index contributed by atoms with van der Waals surface area (Å²) in [7, 11) is 0. The Balaban J connectivity index is 2.91. The molecule has 5 heteroatoms. The van der Waals surface area contributed by atoms with Gasteiger partial charge in [0, 0.05) is 6.04 Å². The van der Waals surface area contributed by atoms with Crippen molar-refractivity contribution in [2.75, 3.05) is 5.84 Å². The van der Waals surface area contributed by atoms with Gasteiger partial charge in [-0.15, -0.1) is 0 Å². The second-order valence-electron chi connectivity index (χ2n) is 3.33. The molecule has 2 aromatic rings.